The molecule has 0 aliphatic carbocycles. The summed E-state index contributed by atoms with van der Waals surface area (Å²) in [6.07, 6.45) is 3.02. The number of esters is 1. The first-order valence-corrected chi connectivity index (χ1v) is 10.00. The van der Waals surface area contributed by atoms with E-state index >= 15 is 0 Å². The highest BCUT2D eigenvalue weighted by atomic mass is 16.5. The molecular formula is C23H25N3O5. The summed E-state index contributed by atoms with van der Waals surface area (Å²) < 4.78 is 17.6. The molecule has 0 unspecified atom stereocenters. The monoisotopic (exact) mass is 423 g/mol. The van der Waals surface area contributed by atoms with E-state index in [1.54, 1.807) is 23.0 Å². The molecule has 1 aromatic heterocycles. The van der Waals surface area contributed by atoms with Crippen LogP contribution in [-0.4, -0.2) is 48.0 Å². The number of carbonyl (C=O) groups is 2. The van der Waals surface area contributed by atoms with E-state index in [0.717, 1.165) is 11.3 Å². The molecule has 0 fully saturated rings. The largest absolute Gasteiger partial charge is 0.494 e. The average Bonchev–Trinajstić information content (AvgIpc) is 3.25. The molecule has 3 aromatic rings. The molecule has 3 rings (SSSR count). The van der Waals surface area contributed by atoms with Gasteiger partial charge < -0.3 is 19.5 Å². The van der Waals surface area contributed by atoms with Crippen LogP contribution in [0.2, 0.25) is 0 Å². The van der Waals surface area contributed by atoms with Crippen molar-refractivity contribution >= 4 is 11.9 Å². The van der Waals surface area contributed by atoms with Gasteiger partial charge in [0.1, 0.15) is 18.1 Å². The van der Waals surface area contributed by atoms with Crippen molar-refractivity contribution in [3.8, 4) is 11.5 Å². The first-order valence-electron chi connectivity index (χ1n) is 10.00. The summed E-state index contributed by atoms with van der Waals surface area (Å²) in [5.41, 5.74) is 1.36. The highest BCUT2D eigenvalue weighted by Crippen LogP contribution is 2.17. The Morgan fingerprint density at radius 1 is 1.00 bits per heavy atom. The van der Waals surface area contributed by atoms with Crippen molar-refractivity contribution < 1.29 is 23.8 Å². The number of nitrogens with zero attached hydrogens (tertiary/aromatic N) is 2. The zero-order valence-electron chi connectivity index (χ0n) is 17.3. The van der Waals surface area contributed by atoms with E-state index in [9.17, 15) is 9.59 Å². The maximum Gasteiger partial charge on any atom is 0.341 e. The number of benzene rings is 2. The van der Waals surface area contributed by atoms with Gasteiger partial charge >= 0.3 is 5.97 Å². The molecule has 0 radical (unpaired) electrons. The molecule has 0 saturated carbocycles. The second kappa shape index (κ2) is 11.4. The summed E-state index contributed by atoms with van der Waals surface area (Å²) in [6, 6.07) is 17.0. The van der Waals surface area contributed by atoms with Crippen molar-refractivity contribution in [2.75, 3.05) is 26.4 Å². The number of hydrogen-bond donors (Lipinski definition) is 1. The lowest BCUT2D eigenvalue weighted by Crippen LogP contribution is -2.32. The van der Waals surface area contributed by atoms with Crippen LogP contribution in [0.4, 0.5) is 0 Å². The van der Waals surface area contributed by atoms with Crippen molar-refractivity contribution in [2.45, 2.75) is 13.5 Å². The smallest absolute Gasteiger partial charge is 0.341 e. The number of ether oxygens (including phenoxy) is 3. The number of amides is 1. The summed E-state index contributed by atoms with van der Waals surface area (Å²) >= 11 is 0. The maximum absolute atomic E-state index is 12.1. The van der Waals surface area contributed by atoms with Crippen molar-refractivity contribution in [1.82, 2.24) is 15.1 Å². The minimum atomic E-state index is -0.597. The van der Waals surface area contributed by atoms with Gasteiger partial charge in [0.15, 0.2) is 6.61 Å². The summed E-state index contributed by atoms with van der Waals surface area (Å²) in [5.74, 6) is 0.452. The highest BCUT2D eigenvalue weighted by Gasteiger charge is 2.12. The van der Waals surface area contributed by atoms with Crippen LogP contribution in [0, 0.1) is 0 Å². The van der Waals surface area contributed by atoms with E-state index in [-0.39, 0.29) is 6.61 Å². The van der Waals surface area contributed by atoms with Crippen molar-refractivity contribution in [3.05, 3.63) is 78.1 Å². The Morgan fingerprint density at radius 2 is 1.71 bits per heavy atom. The van der Waals surface area contributed by atoms with E-state index < -0.39 is 11.9 Å². The molecule has 0 atom stereocenters. The van der Waals surface area contributed by atoms with E-state index in [4.69, 9.17) is 14.2 Å². The Hall–Kier alpha value is -3.81. The lowest BCUT2D eigenvalue weighted by molar-refractivity contribution is -0.124. The molecular weight excluding hydrogens is 398 g/mol. The minimum absolute atomic E-state index is 0.290. The molecule has 0 bridgehead atoms. The van der Waals surface area contributed by atoms with E-state index in [0.29, 0.717) is 37.6 Å². The molecule has 162 valence electrons. The molecule has 2 aromatic carbocycles. The SMILES string of the molecule is CCOc1ccc(OCCNC(=O)COC(=O)c2cnn(Cc3ccccc3)c2)cc1. The van der Waals surface area contributed by atoms with Gasteiger partial charge in [0.25, 0.3) is 5.91 Å². The van der Waals surface area contributed by atoms with Gasteiger partial charge in [-0.15, -0.1) is 0 Å². The molecule has 1 heterocycles. The van der Waals surface area contributed by atoms with Crippen LogP contribution in [0.3, 0.4) is 0 Å². The zero-order chi connectivity index (χ0) is 21.9. The summed E-state index contributed by atoms with van der Waals surface area (Å²) in [4.78, 5) is 24.0. The van der Waals surface area contributed by atoms with Crippen LogP contribution in [0.15, 0.2) is 67.0 Å². The Bertz CT molecular complexity index is 970. The highest BCUT2D eigenvalue weighted by molar-refractivity contribution is 5.90. The van der Waals surface area contributed by atoms with Crippen LogP contribution in [0.1, 0.15) is 22.8 Å². The first-order chi connectivity index (χ1) is 15.1. The number of nitrogens with one attached hydrogen (secondary N) is 1. The molecule has 0 aliphatic rings. The normalized spacial score (nSPS) is 10.4. The van der Waals surface area contributed by atoms with E-state index in [1.807, 2.05) is 49.4 Å². The fourth-order valence-electron chi connectivity index (χ4n) is 2.75. The predicted molar refractivity (Wildman–Crippen MR) is 114 cm³/mol. The van der Waals surface area contributed by atoms with Gasteiger partial charge in [0.05, 0.1) is 31.5 Å². The number of carbonyl (C=O) groups excluding carboxylic acids is 2. The molecule has 1 amide bonds. The molecule has 31 heavy (non-hydrogen) atoms. The molecule has 8 nitrogen and oxygen atoms in total. The summed E-state index contributed by atoms with van der Waals surface area (Å²) in [6.45, 7) is 3.28. The van der Waals surface area contributed by atoms with Crippen molar-refractivity contribution in [2.24, 2.45) is 0 Å². The lowest BCUT2D eigenvalue weighted by Gasteiger charge is -2.09. The van der Waals surface area contributed by atoms with Gasteiger partial charge in [-0.05, 0) is 36.8 Å². The average molecular weight is 423 g/mol. The van der Waals surface area contributed by atoms with Crippen molar-refractivity contribution in [3.63, 3.8) is 0 Å². The second-order valence-electron chi connectivity index (χ2n) is 6.59. The van der Waals surface area contributed by atoms with Crippen LogP contribution in [0.25, 0.3) is 0 Å². The van der Waals surface area contributed by atoms with Crippen molar-refractivity contribution in [1.29, 1.82) is 0 Å². The fraction of sp³-hybridized carbons (Fsp3) is 0.261. The number of hydrogen-bond acceptors (Lipinski definition) is 6. The van der Waals surface area contributed by atoms with Gasteiger partial charge in [-0.3, -0.25) is 9.48 Å². The Balaban J connectivity index is 1.33. The van der Waals surface area contributed by atoms with E-state index in [2.05, 4.69) is 10.4 Å². The van der Waals surface area contributed by atoms with Gasteiger partial charge in [0, 0.05) is 6.20 Å². The Kier molecular flexibility index (Phi) is 8.05. The van der Waals surface area contributed by atoms with Crippen LogP contribution < -0.4 is 14.8 Å². The third-order valence-corrected chi connectivity index (χ3v) is 4.22. The Morgan fingerprint density at radius 3 is 2.42 bits per heavy atom. The topological polar surface area (TPSA) is 91.7 Å². The standard InChI is InChI=1S/C23H25N3O5/c1-2-29-20-8-10-21(11-9-20)30-13-12-24-22(27)17-31-23(28)19-14-25-26(16-19)15-18-6-4-3-5-7-18/h3-11,14,16H,2,12-13,15,17H2,1H3,(H,24,27). The third-order valence-electron chi connectivity index (χ3n) is 4.22. The number of rotatable bonds is 11. The quantitative estimate of drug-likeness (QED) is 0.377. The van der Waals surface area contributed by atoms with Crippen LogP contribution in [-0.2, 0) is 16.1 Å². The molecule has 0 saturated heterocycles. The first kappa shape index (κ1) is 21.9. The Labute approximate surface area is 180 Å². The molecule has 0 aliphatic heterocycles. The maximum atomic E-state index is 12.1. The molecule has 8 heteroatoms. The summed E-state index contributed by atoms with van der Waals surface area (Å²) in [5, 5.41) is 6.80. The minimum Gasteiger partial charge on any atom is -0.494 e. The zero-order valence-corrected chi connectivity index (χ0v) is 17.3. The molecule has 0 spiro atoms. The summed E-state index contributed by atoms with van der Waals surface area (Å²) in [7, 11) is 0. The number of aromatic nitrogens is 2. The van der Waals surface area contributed by atoms with Crippen LogP contribution in [0.5, 0.6) is 11.5 Å². The predicted octanol–water partition coefficient (Wildman–Crippen LogP) is 2.68. The molecule has 1 N–H and O–H groups in total. The fourth-order valence-corrected chi connectivity index (χ4v) is 2.75. The van der Waals surface area contributed by atoms with E-state index in [1.165, 1.54) is 6.20 Å². The van der Waals surface area contributed by atoms with Gasteiger partial charge in [-0.1, -0.05) is 30.3 Å². The van der Waals surface area contributed by atoms with Gasteiger partial charge in [-0.25, -0.2) is 4.79 Å². The third kappa shape index (κ3) is 7.18. The second-order valence-corrected chi connectivity index (χ2v) is 6.59. The van der Waals surface area contributed by atoms with Gasteiger partial charge in [-0.2, -0.15) is 5.10 Å². The van der Waals surface area contributed by atoms with Crippen LogP contribution >= 0.6 is 0 Å². The lowest BCUT2D eigenvalue weighted by atomic mass is 10.2. The van der Waals surface area contributed by atoms with Gasteiger partial charge in [0.2, 0.25) is 0 Å².